The predicted molar refractivity (Wildman–Crippen MR) is 313 cm³/mol. The topological polar surface area (TPSA) is 228 Å². The van der Waals surface area contributed by atoms with Gasteiger partial charge in [0.2, 0.25) is 5.91 Å². The second-order valence-corrected chi connectivity index (χ2v) is 20.7. The Balaban J connectivity index is 1.65. The van der Waals surface area contributed by atoms with Crippen molar-refractivity contribution in [2.24, 2.45) is 0 Å². The largest absolute Gasteiger partial charge is 0.394 e. The van der Waals surface area contributed by atoms with E-state index in [9.17, 15) is 45.6 Å². The van der Waals surface area contributed by atoms with Crippen LogP contribution >= 0.6 is 0 Å². The number of carbonyl (C=O) groups is 1. The minimum absolute atomic E-state index is 0.261. The maximum atomic E-state index is 13.2. The van der Waals surface area contributed by atoms with Crippen LogP contribution in [0.15, 0.2) is 109 Å². The number of allylic oxidation sites excluding steroid dienone is 17. The third kappa shape index (κ3) is 33.4. The van der Waals surface area contributed by atoms with Gasteiger partial charge in [-0.25, -0.2) is 0 Å². The summed E-state index contributed by atoms with van der Waals surface area (Å²) in [6, 6.07) is -0.943. The second kappa shape index (κ2) is 48.4. The van der Waals surface area contributed by atoms with E-state index in [1.54, 1.807) is 6.08 Å². The Morgan fingerprint density at radius 2 is 0.897 bits per heavy atom. The molecule has 0 bridgehead atoms. The molecule has 14 heteroatoms. The highest BCUT2D eigenvalue weighted by Crippen LogP contribution is 2.30. The third-order valence-electron chi connectivity index (χ3n) is 13.9. The van der Waals surface area contributed by atoms with Gasteiger partial charge in [-0.15, -0.1) is 0 Å². The van der Waals surface area contributed by atoms with Crippen LogP contribution in [0.5, 0.6) is 0 Å². The van der Waals surface area contributed by atoms with Gasteiger partial charge in [0.15, 0.2) is 12.6 Å². The van der Waals surface area contributed by atoms with Crippen molar-refractivity contribution in [3.05, 3.63) is 109 Å². The van der Waals surface area contributed by atoms with Crippen molar-refractivity contribution in [2.45, 2.75) is 267 Å². The van der Waals surface area contributed by atoms with Gasteiger partial charge in [-0.05, 0) is 89.9 Å². The van der Waals surface area contributed by atoms with E-state index in [2.05, 4.69) is 116 Å². The van der Waals surface area contributed by atoms with Crippen molar-refractivity contribution in [1.29, 1.82) is 0 Å². The summed E-state index contributed by atoms with van der Waals surface area (Å²) in [4.78, 5) is 13.2. The standard InChI is InChI=1S/C64H107NO13/c1-3-5-7-9-11-13-15-16-17-18-19-20-21-22-23-24-25-26-27-28-29-30-31-32-33-34-35-36-38-40-42-44-46-48-56(69)65-52(53(68)47-45-43-41-39-37-14-12-10-8-6-4-2)51-75-63-61(74)59(72)62(55(50-67)77-63)78-64-60(73)58(71)57(70)54(49-66)76-64/h5,7-8,10-11,13,16-17,19-20,22-23,25-26,37,39,45,47,52-55,57-64,66-68,70-74H,3-4,6,9,12,14-15,18,21,24,27-36,38,40-44,46,48-51H2,1-2H3,(H,65,69)/b7-5-,10-8+,13-11-,17-16-,20-19-,23-22-,26-25-,39-37+,47-45+. The van der Waals surface area contributed by atoms with Gasteiger partial charge in [0.25, 0.3) is 0 Å². The molecule has 12 atom stereocenters. The Labute approximate surface area is 470 Å². The van der Waals surface area contributed by atoms with Gasteiger partial charge in [0, 0.05) is 6.42 Å². The molecule has 9 N–H and O–H groups in total. The first kappa shape index (κ1) is 70.8. The summed E-state index contributed by atoms with van der Waals surface area (Å²) in [5.74, 6) is -0.261. The van der Waals surface area contributed by atoms with Crippen molar-refractivity contribution >= 4 is 5.91 Å². The van der Waals surface area contributed by atoms with Crippen molar-refractivity contribution < 1.29 is 64.6 Å². The number of amides is 1. The minimum atomic E-state index is -1.80. The summed E-state index contributed by atoms with van der Waals surface area (Å²) in [6.45, 7) is 2.55. The third-order valence-corrected chi connectivity index (χ3v) is 13.9. The number of ether oxygens (including phenoxy) is 4. The SMILES string of the molecule is CC/C=C\C/C=C\C/C=C\C/C=C\C/C=C\C/C=C\CCCCCCCCCCCCCCCCC(=O)NC(COC1OC(CO)C(OC2OC(CO)C(O)C(O)C2O)C(O)C1O)C(O)/C=C/CC/C=C/CC/C=C/CCC. The lowest BCUT2D eigenvalue weighted by molar-refractivity contribution is -0.359. The maximum absolute atomic E-state index is 13.2. The molecule has 2 fully saturated rings. The first-order valence-electron chi connectivity index (χ1n) is 30.1. The Morgan fingerprint density at radius 1 is 0.474 bits per heavy atom. The van der Waals surface area contributed by atoms with Gasteiger partial charge in [-0.2, -0.15) is 0 Å². The summed E-state index contributed by atoms with van der Waals surface area (Å²) < 4.78 is 22.7. The monoisotopic (exact) mass is 1100 g/mol. The fourth-order valence-electron chi connectivity index (χ4n) is 9.10. The molecule has 0 spiro atoms. The first-order valence-corrected chi connectivity index (χ1v) is 30.1. The van der Waals surface area contributed by atoms with E-state index >= 15 is 0 Å². The lowest BCUT2D eigenvalue weighted by Crippen LogP contribution is -2.65. The Kier molecular flexibility index (Phi) is 43.9. The normalized spacial score (nSPS) is 25.4. The number of hydrogen-bond acceptors (Lipinski definition) is 13. The van der Waals surface area contributed by atoms with Crippen LogP contribution in [0.2, 0.25) is 0 Å². The number of aliphatic hydroxyl groups excluding tert-OH is 8. The van der Waals surface area contributed by atoms with Crippen LogP contribution in [-0.4, -0.2) is 140 Å². The van der Waals surface area contributed by atoms with Gasteiger partial charge < -0.3 is 65.1 Å². The number of aliphatic hydroxyl groups is 8. The molecule has 0 aromatic rings. The first-order chi connectivity index (χ1) is 38.1. The van der Waals surface area contributed by atoms with Crippen LogP contribution in [0, 0.1) is 0 Å². The molecule has 0 aromatic heterocycles. The average molecular weight is 1100 g/mol. The molecular formula is C64H107NO13. The molecule has 2 heterocycles. The fourth-order valence-corrected chi connectivity index (χ4v) is 9.10. The lowest BCUT2D eigenvalue weighted by Gasteiger charge is -2.46. The number of nitrogens with one attached hydrogen (secondary N) is 1. The summed E-state index contributed by atoms with van der Waals surface area (Å²) in [5.41, 5.74) is 0. The van der Waals surface area contributed by atoms with Gasteiger partial charge in [-0.1, -0.05) is 207 Å². The van der Waals surface area contributed by atoms with E-state index in [0.717, 1.165) is 89.9 Å². The Hall–Kier alpha value is -3.35. The number of hydrogen-bond donors (Lipinski definition) is 9. The van der Waals surface area contributed by atoms with E-state index < -0.39 is 86.8 Å². The number of unbranched alkanes of at least 4 members (excludes halogenated alkanes) is 17. The molecular weight excluding hydrogens is 991 g/mol. The minimum Gasteiger partial charge on any atom is -0.394 e. The molecule has 14 nitrogen and oxygen atoms in total. The van der Waals surface area contributed by atoms with E-state index in [1.807, 2.05) is 6.08 Å². The molecule has 2 aliphatic heterocycles. The average Bonchev–Trinajstić information content (AvgIpc) is 3.47. The molecule has 2 saturated heterocycles. The van der Waals surface area contributed by atoms with E-state index in [4.69, 9.17) is 18.9 Å². The molecule has 446 valence electrons. The van der Waals surface area contributed by atoms with Crippen LogP contribution in [0.25, 0.3) is 0 Å². The van der Waals surface area contributed by atoms with Gasteiger partial charge in [0.1, 0.15) is 48.8 Å². The molecule has 1 amide bonds. The predicted octanol–water partition coefficient (Wildman–Crippen LogP) is 10.4. The highest BCUT2D eigenvalue weighted by Gasteiger charge is 2.51. The molecule has 0 aromatic carbocycles. The molecule has 78 heavy (non-hydrogen) atoms. The number of rotatable bonds is 46. The second-order valence-electron chi connectivity index (χ2n) is 20.7. The van der Waals surface area contributed by atoms with Crippen molar-refractivity contribution in [1.82, 2.24) is 5.32 Å². The molecule has 2 rings (SSSR count). The van der Waals surface area contributed by atoms with Crippen molar-refractivity contribution in [3.8, 4) is 0 Å². The highest BCUT2D eigenvalue weighted by molar-refractivity contribution is 5.76. The zero-order chi connectivity index (χ0) is 56.7. The van der Waals surface area contributed by atoms with Gasteiger partial charge in [0.05, 0.1) is 32.0 Å². The van der Waals surface area contributed by atoms with E-state index in [1.165, 1.54) is 70.6 Å². The quantitative estimate of drug-likeness (QED) is 0.0204. The zero-order valence-corrected chi connectivity index (χ0v) is 47.9. The smallest absolute Gasteiger partial charge is 0.220 e. The Bertz CT molecular complexity index is 1720. The fraction of sp³-hybridized carbons (Fsp3) is 0.703. The lowest BCUT2D eigenvalue weighted by atomic mass is 9.97. The maximum Gasteiger partial charge on any atom is 0.220 e. The molecule has 12 unspecified atom stereocenters. The highest BCUT2D eigenvalue weighted by atomic mass is 16.7. The van der Waals surface area contributed by atoms with Crippen LogP contribution in [0.1, 0.15) is 194 Å². The summed E-state index contributed by atoms with van der Waals surface area (Å²) in [5, 5.41) is 86.9. The Morgan fingerprint density at radius 3 is 1.40 bits per heavy atom. The number of carbonyl (C=O) groups excluding carboxylic acids is 1. The van der Waals surface area contributed by atoms with Gasteiger partial charge >= 0.3 is 0 Å². The molecule has 2 aliphatic rings. The summed E-state index contributed by atoms with van der Waals surface area (Å²) in [6.07, 6.45) is 51.5. The van der Waals surface area contributed by atoms with E-state index in [0.29, 0.717) is 12.8 Å². The van der Waals surface area contributed by atoms with Crippen molar-refractivity contribution in [2.75, 3.05) is 19.8 Å². The summed E-state index contributed by atoms with van der Waals surface area (Å²) in [7, 11) is 0. The molecule has 0 radical (unpaired) electrons. The molecule has 0 saturated carbocycles. The summed E-state index contributed by atoms with van der Waals surface area (Å²) >= 11 is 0. The van der Waals surface area contributed by atoms with E-state index in [-0.39, 0.29) is 18.9 Å². The van der Waals surface area contributed by atoms with Crippen LogP contribution in [0.4, 0.5) is 0 Å². The van der Waals surface area contributed by atoms with Crippen LogP contribution < -0.4 is 5.32 Å². The molecule has 0 aliphatic carbocycles. The van der Waals surface area contributed by atoms with Crippen LogP contribution in [-0.2, 0) is 23.7 Å². The van der Waals surface area contributed by atoms with Crippen molar-refractivity contribution in [3.63, 3.8) is 0 Å². The zero-order valence-electron chi connectivity index (χ0n) is 47.9. The van der Waals surface area contributed by atoms with Gasteiger partial charge in [-0.3, -0.25) is 4.79 Å². The van der Waals surface area contributed by atoms with Crippen LogP contribution in [0.3, 0.4) is 0 Å².